The number of hydrogen-bond donors (Lipinski definition) is 2. The number of anilines is 1. The van der Waals surface area contributed by atoms with E-state index in [0.717, 1.165) is 15.8 Å². The molecule has 0 aliphatic heterocycles. The molecule has 0 aromatic heterocycles. The van der Waals surface area contributed by atoms with Crippen LogP contribution in [0.25, 0.3) is 0 Å². The Hall–Kier alpha value is -1.79. The van der Waals surface area contributed by atoms with Crippen molar-refractivity contribution in [2.24, 2.45) is 0 Å². The Bertz CT molecular complexity index is 717. The molecule has 0 bridgehead atoms. The lowest BCUT2D eigenvalue weighted by Crippen LogP contribution is -2.44. The summed E-state index contributed by atoms with van der Waals surface area (Å²) in [6, 6.07) is 14.1. The number of amides is 2. The van der Waals surface area contributed by atoms with Crippen LogP contribution >= 0.6 is 27.7 Å². The molecule has 2 aromatic carbocycles. The summed E-state index contributed by atoms with van der Waals surface area (Å²) in [5.41, 5.74) is 2.34. The van der Waals surface area contributed by atoms with Crippen molar-refractivity contribution in [3.8, 4) is 0 Å². The number of aryl methyl sites for hydroxylation is 1. The Labute approximate surface area is 160 Å². The van der Waals surface area contributed by atoms with Crippen LogP contribution in [0.1, 0.15) is 22.3 Å². The number of halogens is 1. The largest absolute Gasteiger partial charge is 0.340 e. The first-order chi connectivity index (χ1) is 12.0. The molecule has 0 radical (unpaired) electrons. The third-order valence-electron chi connectivity index (χ3n) is 3.66. The lowest BCUT2D eigenvalue weighted by molar-refractivity contribution is -0.118. The van der Waals surface area contributed by atoms with Gasteiger partial charge in [0.05, 0.1) is 0 Å². The van der Waals surface area contributed by atoms with E-state index < -0.39 is 6.04 Å². The van der Waals surface area contributed by atoms with Gasteiger partial charge in [-0.2, -0.15) is 11.8 Å². The summed E-state index contributed by atoms with van der Waals surface area (Å²) in [5.74, 6) is 0.334. The average Bonchev–Trinajstić information content (AvgIpc) is 2.61. The van der Waals surface area contributed by atoms with Gasteiger partial charge in [0.15, 0.2) is 0 Å². The second kappa shape index (κ2) is 9.63. The van der Waals surface area contributed by atoms with Gasteiger partial charge in [0, 0.05) is 15.7 Å². The Morgan fingerprint density at radius 2 is 1.72 bits per heavy atom. The third kappa shape index (κ3) is 6.21. The Morgan fingerprint density at radius 1 is 1.08 bits per heavy atom. The zero-order valence-corrected chi connectivity index (χ0v) is 16.6. The maximum Gasteiger partial charge on any atom is 0.251 e. The highest BCUT2D eigenvalue weighted by molar-refractivity contribution is 9.10. The van der Waals surface area contributed by atoms with Crippen LogP contribution in [0.5, 0.6) is 0 Å². The monoisotopic (exact) mass is 420 g/mol. The number of nitrogens with one attached hydrogen (secondary N) is 2. The number of thioether (sulfide) groups is 1. The minimum atomic E-state index is -0.579. The van der Waals surface area contributed by atoms with Crippen molar-refractivity contribution in [3.63, 3.8) is 0 Å². The summed E-state index contributed by atoms with van der Waals surface area (Å²) in [6.07, 6.45) is 2.55. The predicted molar refractivity (Wildman–Crippen MR) is 108 cm³/mol. The maximum atomic E-state index is 12.6. The molecule has 0 aliphatic rings. The highest BCUT2D eigenvalue weighted by Crippen LogP contribution is 2.15. The summed E-state index contributed by atoms with van der Waals surface area (Å²) in [4.78, 5) is 25.0. The molecule has 0 spiro atoms. The van der Waals surface area contributed by atoms with Crippen LogP contribution in [-0.4, -0.2) is 29.9 Å². The minimum absolute atomic E-state index is 0.211. The van der Waals surface area contributed by atoms with Crippen molar-refractivity contribution in [2.45, 2.75) is 19.4 Å². The van der Waals surface area contributed by atoms with Crippen molar-refractivity contribution >= 4 is 45.2 Å². The Kier molecular flexibility index (Phi) is 7.52. The summed E-state index contributed by atoms with van der Waals surface area (Å²) >= 11 is 5.01. The van der Waals surface area contributed by atoms with Crippen LogP contribution in [0.3, 0.4) is 0 Å². The Morgan fingerprint density at radius 3 is 2.32 bits per heavy atom. The van der Waals surface area contributed by atoms with Crippen LogP contribution in [-0.2, 0) is 4.79 Å². The number of carbonyl (C=O) groups excluding carboxylic acids is 2. The highest BCUT2D eigenvalue weighted by Gasteiger charge is 2.21. The van der Waals surface area contributed by atoms with Crippen LogP contribution in [0, 0.1) is 6.92 Å². The second-order valence-corrected chi connectivity index (χ2v) is 7.57. The third-order valence-corrected chi connectivity index (χ3v) is 4.83. The van der Waals surface area contributed by atoms with E-state index in [1.165, 1.54) is 0 Å². The fraction of sp³-hybridized carbons (Fsp3) is 0.263. The molecule has 2 amide bonds. The van der Waals surface area contributed by atoms with E-state index in [9.17, 15) is 9.59 Å². The molecule has 0 saturated carbocycles. The summed E-state index contributed by atoms with van der Waals surface area (Å²) in [6.45, 7) is 1.97. The number of rotatable bonds is 7. The SMILES string of the molecule is CSCC[C@H](NC(=O)c1ccc(C)cc1)C(=O)Nc1ccc(Br)cc1. The van der Waals surface area contributed by atoms with Crippen LogP contribution in [0.15, 0.2) is 53.0 Å². The van der Waals surface area contributed by atoms with E-state index >= 15 is 0 Å². The molecule has 6 heteroatoms. The quantitative estimate of drug-likeness (QED) is 0.703. The Balaban J connectivity index is 2.06. The van der Waals surface area contributed by atoms with E-state index in [1.54, 1.807) is 23.9 Å². The molecule has 4 nitrogen and oxygen atoms in total. The number of hydrogen-bond acceptors (Lipinski definition) is 3. The van der Waals surface area contributed by atoms with Gasteiger partial charge in [-0.15, -0.1) is 0 Å². The van der Waals surface area contributed by atoms with Gasteiger partial charge in [-0.1, -0.05) is 33.6 Å². The zero-order chi connectivity index (χ0) is 18.2. The van der Waals surface area contributed by atoms with Gasteiger partial charge in [-0.05, 0) is 61.8 Å². The first-order valence-electron chi connectivity index (χ1n) is 7.92. The lowest BCUT2D eigenvalue weighted by atomic mass is 10.1. The fourth-order valence-electron chi connectivity index (χ4n) is 2.21. The second-order valence-electron chi connectivity index (χ2n) is 5.67. The molecule has 0 heterocycles. The number of carbonyl (C=O) groups is 2. The molecule has 1 atom stereocenters. The van der Waals surface area contributed by atoms with Gasteiger partial charge in [0.2, 0.25) is 5.91 Å². The molecule has 0 unspecified atom stereocenters. The van der Waals surface area contributed by atoms with Crippen LogP contribution in [0.4, 0.5) is 5.69 Å². The maximum absolute atomic E-state index is 12.6. The minimum Gasteiger partial charge on any atom is -0.340 e. The molecular weight excluding hydrogens is 400 g/mol. The molecule has 2 rings (SSSR count). The van der Waals surface area contributed by atoms with E-state index in [2.05, 4.69) is 26.6 Å². The van der Waals surface area contributed by atoms with Gasteiger partial charge >= 0.3 is 0 Å². The molecule has 2 aromatic rings. The zero-order valence-electron chi connectivity index (χ0n) is 14.2. The molecule has 2 N–H and O–H groups in total. The average molecular weight is 421 g/mol. The van der Waals surface area contributed by atoms with Crippen LogP contribution in [0.2, 0.25) is 0 Å². The first-order valence-corrected chi connectivity index (χ1v) is 10.1. The summed E-state index contributed by atoms with van der Waals surface area (Å²) in [5, 5.41) is 5.71. The van der Waals surface area contributed by atoms with Gasteiger partial charge in [0.1, 0.15) is 6.04 Å². The van der Waals surface area contributed by atoms with Crippen LogP contribution < -0.4 is 10.6 Å². The van der Waals surface area contributed by atoms with E-state index in [-0.39, 0.29) is 11.8 Å². The highest BCUT2D eigenvalue weighted by atomic mass is 79.9. The van der Waals surface area contributed by atoms with Gasteiger partial charge in [-0.3, -0.25) is 9.59 Å². The fourth-order valence-corrected chi connectivity index (χ4v) is 2.95. The molecule has 25 heavy (non-hydrogen) atoms. The van der Waals surface area contributed by atoms with E-state index in [1.807, 2.05) is 49.6 Å². The van der Waals surface area contributed by atoms with Crippen molar-refractivity contribution in [3.05, 3.63) is 64.1 Å². The van der Waals surface area contributed by atoms with E-state index in [4.69, 9.17) is 0 Å². The molecule has 0 saturated heterocycles. The lowest BCUT2D eigenvalue weighted by Gasteiger charge is -2.18. The smallest absolute Gasteiger partial charge is 0.251 e. The first kappa shape index (κ1) is 19.5. The molecule has 0 fully saturated rings. The van der Waals surface area contributed by atoms with Crippen molar-refractivity contribution < 1.29 is 9.59 Å². The standard InChI is InChI=1S/C19H21BrN2O2S/c1-13-3-5-14(6-4-13)18(23)22-17(11-12-25-2)19(24)21-16-9-7-15(20)8-10-16/h3-10,17H,11-12H2,1-2H3,(H,21,24)(H,22,23)/t17-/m0/s1. The molecule has 132 valence electrons. The molecular formula is C19H21BrN2O2S. The summed E-state index contributed by atoms with van der Waals surface area (Å²) < 4.78 is 0.942. The van der Waals surface area contributed by atoms with Crippen molar-refractivity contribution in [1.82, 2.24) is 5.32 Å². The topological polar surface area (TPSA) is 58.2 Å². The number of benzene rings is 2. The van der Waals surface area contributed by atoms with Gasteiger partial charge < -0.3 is 10.6 Å². The normalized spacial score (nSPS) is 11.6. The van der Waals surface area contributed by atoms with Crippen molar-refractivity contribution in [2.75, 3.05) is 17.3 Å². The molecule has 0 aliphatic carbocycles. The summed E-state index contributed by atoms with van der Waals surface area (Å²) in [7, 11) is 0. The van der Waals surface area contributed by atoms with Gasteiger partial charge in [-0.25, -0.2) is 0 Å². The van der Waals surface area contributed by atoms with Crippen molar-refractivity contribution in [1.29, 1.82) is 0 Å². The predicted octanol–water partition coefficient (Wildman–Crippen LogP) is 4.25. The van der Waals surface area contributed by atoms with Gasteiger partial charge in [0.25, 0.3) is 5.91 Å². The van der Waals surface area contributed by atoms with E-state index in [0.29, 0.717) is 17.7 Å².